The van der Waals surface area contributed by atoms with E-state index in [4.69, 9.17) is 9.97 Å². The monoisotopic (exact) mass is 740 g/mol. The summed E-state index contributed by atoms with van der Waals surface area (Å²) in [6.07, 6.45) is 6.59. The fourth-order valence-corrected chi connectivity index (χ4v) is 9.45. The number of aryl methyl sites for hydroxylation is 1. The maximum Gasteiger partial charge on any atom is 0.160 e. The number of hydrogen-bond acceptors (Lipinski definition) is 2. The number of allylic oxidation sites excluding steroid dienone is 1. The van der Waals surface area contributed by atoms with Crippen LogP contribution in [-0.2, 0) is 6.42 Å². The van der Waals surface area contributed by atoms with Crippen LogP contribution >= 0.6 is 0 Å². The summed E-state index contributed by atoms with van der Waals surface area (Å²) < 4.78 is 4.81. The number of para-hydroxylation sites is 3. The molecule has 12 rings (SSSR count). The van der Waals surface area contributed by atoms with E-state index in [2.05, 4.69) is 203 Å². The van der Waals surface area contributed by atoms with Crippen molar-refractivity contribution in [3.63, 3.8) is 0 Å². The van der Waals surface area contributed by atoms with Gasteiger partial charge in [0, 0.05) is 55.0 Å². The Morgan fingerprint density at radius 3 is 1.71 bits per heavy atom. The molecule has 11 aromatic rings. The van der Waals surface area contributed by atoms with E-state index in [1.54, 1.807) is 0 Å². The van der Waals surface area contributed by atoms with Crippen molar-refractivity contribution in [3.8, 4) is 45.1 Å². The molecule has 4 heteroatoms. The van der Waals surface area contributed by atoms with Gasteiger partial charge >= 0.3 is 0 Å². The molecule has 0 unspecified atom stereocenters. The molecule has 272 valence electrons. The minimum absolute atomic E-state index is 0.725. The molecule has 3 aromatic heterocycles. The van der Waals surface area contributed by atoms with E-state index in [0.29, 0.717) is 0 Å². The van der Waals surface area contributed by atoms with Gasteiger partial charge in [0.05, 0.1) is 33.3 Å². The molecule has 0 N–H and O–H groups in total. The average Bonchev–Trinajstić information content (AvgIpc) is 3.83. The average molecular weight is 741 g/mol. The highest BCUT2D eigenvalue weighted by atomic mass is 15.0. The Morgan fingerprint density at radius 2 is 1.00 bits per heavy atom. The van der Waals surface area contributed by atoms with Crippen LogP contribution in [0.15, 0.2) is 188 Å². The smallest absolute Gasteiger partial charge is 0.160 e. The van der Waals surface area contributed by atoms with Crippen molar-refractivity contribution >= 4 is 60.6 Å². The number of rotatable bonds is 5. The first kappa shape index (κ1) is 32.7. The van der Waals surface area contributed by atoms with Crippen LogP contribution < -0.4 is 0 Å². The fourth-order valence-electron chi connectivity index (χ4n) is 9.45. The maximum absolute atomic E-state index is 5.35. The third kappa shape index (κ3) is 4.95. The van der Waals surface area contributed by atoms with E-state index < -0.39 is 0 Å². The van der Waals surface area contributed by atoms with Crippen LogP contribution in [0.3, 0.4) is 0 Å². The predicted octanol–water partition coefficient (Wildman–Crippen LogP) is 13.8. The Kier molecular flexibility index (Phi) is 7.32. The van der Waals surface area contributed by atoms with Gasteiger partial charge < -0.3 is 9.13 Å². The maximum atomic E-state index is 5.35. The summed E-state index contributed by atoms with van der Waals surface area (Å²) in [4.78, 5) is 10.7. The molecule has 0 atom stereocenters. The Labute approximate surface area is 335 Å². The molecule has 0 amide bonds. The van der Waals surface area contributed by atoms with E-state index >= 15 is 0 Å². The summed E-state index contributed by atoms with van der Waals surface area (Å²) in [5.74, 6) is 0.725. The Hall–Kier alpha value is -7.56. The van der Waals surface area contributed by atoms with Gasteiger partial charge in [0.15, 0.2) is 5.82 Å². The van der Waals surface area contributed by atoms with Gasteiger partial charge in [-0.05, 0) is 78.1 Å². The van der Waals surface area contributed by atoms with Gasteiger partial charge in [0.2, 0.25) is 0 Å². The van der Waals surface area contributed by atoms with Gasteiger partial charge in [-0.3, -0.25) is 0 Å². The zero-order chi connectivity index (χ0) is 38.2. The van der Waals surface area contributed by atoms with Crippen molar-refractivity contribution in [1.82, 2.24) is 19.1 Å². The molecular formula is C54H36N4. The van der Waals surface area contributed by atoms with Crippen molar-refractivity contribution in [2.75, 3.05) is 0 Å². The lowest BCUT2D eigenvalue weighted by molar-refractivity contribution is 0.987. The molecular weight excluding hydrogens is 705 g/mol. The first-order chi connectivity index (χ1) is 28.8. The zero-order valence-electron chi connectivity index (χ0n) is 31.7. The number of benzene rings is 8. The summed E-state index contributed by atoms with van der Waals surface area (Å²) in [7, 11) is 0. The fraction of sp³-hybridized carbons (Fsp3) is 0.0370. The second kappa shape index (κ2) is 13.0. The topological polar surface area (TPSA) is 35.6 Å². The molecule has 58 heavy (non-hydrogen) atoms. The predicted molar refractivity (Wildman–Crippen MR) is 242 cm³/mol. The Balaban J connectivity index is 1.08. The van der Waals surface area contributed by atoms with Gasteiger partial charge in [0.1, 0.15) is 0 Å². The van der Waals surface area contributed by atoms with E-state index in [0.717, 1.165) is 68.8 Å². The van der Waals surface area contributed by atoms with Crippen molar-refractivity contribution in [3.05, 3.63) is 199 Å². The van der Waals surface area contributed by atoms with Gasteiger partial charge in [-0.1, -0.05) is 146 Å². The normalized spacial score (nSPS) is 12.6. The molecule has 0 saturated carbocycles. The van der Waals surface area contributed by atoms with Crippen LogP contribution in [0.1, 0.15) is 17.5 Å². The van der Waals surface area contributed by atoms with Crippen LogP contribution in [0.2, 0.25) is 0 Å². The minimum Gasteiger partial charge on any atom is -0.309 e. The number of hydrogen-bond donors (Lipinski definition) is 0. The van der Waals surface area contributed by atoms with E-state index in [1.165, 1.54) is 54.8 Å². The minimum atomic E-state index is 0.725. The van der Waals surface area contributed by atoms with Crippen molar-refractivity contribution in [2.45, 2.75) is 12.8 Å². The lowest BCUT2D eigenvalue weighted by Crippen LogP contribution is -2.01. The summed E-state index contributed by atoms with van der Waals surface area (Å²) in [6.45, 7) is 0. The van der Waals surface area contributed by atoms with Crippen LogP contribution in [0.4, 0.5) is 0 Å². The summed E-state index contributed by atoms with van der Waals surface area (Å²) in [6, 6.07) is 65.6. The summed E-state index contributed by atoms with van der Waals surface area (Å²) in [5, 5.41) is 6.03. The molecule has 0 fully saturated rings. The third-order valence-electron chi connectivity index (χ3n) is 12.0. The molecule has 0 saturated heterocycles. The zero-order valence-corrected chi connectivity index (χ0v) is 31.7. The van der Waals surface area contributed by atoms with Gasteiger partial charge in [-0.25, -0.2) is 9.97 Å². The van der Waals surface area contributed by atoms with E-state index in [-0.39, 0.29) is 0 Å². The number of aromatic nitrogens is 4. The largest absolute Gasteiger partial charge is 0.309 e. The molecule has 1 aliphatic rings. The van der Waals surface area contributed by atoms with Gasteiger partial charge in [-0.15, -0.1) is 0 Å². The van der Waals surface area contributed by atoms with Crippen LogP contribution in [0.25, 0.3) is 106 Å². The molecule has 3 heterocycles. The molecule has 0 bridgehead atoms. The highest BCUT2D eigenvalue weighted by Gasteiger charge is 2.22. The van der Waals surface area contributed by atoms with Crippen LogP contribution in [0.5, 0.6) is 0 Å². The van der Waals surface area contributed by atoms with Crippen molar-refractivity contribution in [1.29, 1.82) is 0 Å². The first-order valence-corrected chi connectivity index (χ1v) is 20.1. The molecule has 8 aromatic carbocycles. The molecule has 0 spiro atoms. The van der Waals surface area contributed by atoms with Crippen molar-refractivity contribution in [2.24, 2.45) is 0 Å². The third-order valence-corrected chi connectivity index (χ3v) is 12.0. The lowest BCUT2D eigenvalue weighted by Gasteiger charge is -2.16. The van der Waals surface area contributed by atoms with Gasteiger partial charge in [-0.2, -0.15) is 0 Å². The van der Waals surface area contributed by atoms with Crippen LogP contribution in [-0.4, -0.2) is 19.1 Å². The SMILES string of the molecule is C1=Cc2c(ccc3c(-c4ccccc4)nc(-c4cccc(-n5c6ccccc6c6c(-c7cccc8c7c7ccccc7n8-c7ccccc7)cccc65)c4)nc23)CC1. The highest BCUT2D eigenvalue weighted by molar-refractivity contribution is 6.22. The molecule has 0 radical (unpaired) electrons. The van der Waals surface area contributed by atoms with Crippen LogP contribution in [0, 0.1) is 0 Å². The quantitative estimate of drug-likeness (QED) is 0.176. The molecule has 0 aliphatic heterocycles. The molecule has 1 aliphatic carbocycles. The number of nitrogens with zero attached hydrogens (tertiary/aromatic N) is 4. The lowest BCUT2D eigenvalue weighted by atomic mass is 9.93. The second-order valence-electron chi connectivity index (χ2n) is 15.2. The van der Waals surface area contributed by atoms with E-state index in [1.807, 2.05) is 0 Å². The Morgan fingerprint density at radius 1 is 0.431 bits per heavy atom. The number of fused-ring (bicyclic) bond motifs is 9. The second-order valence-corrected chi connectivity index (χ2v) is 15.2. The first-order valence-electron chi connectivity index (χ1n) is 20.1. The summed E-state index contributed by atoms with van der Waals surface area (Å²) in [5.41, 5.74) is 15.9. The molecule has 4 nitrogen and oxygen atoms in total. The van der Waals surface area contributed by atoms with E-state index in [9.17, 15) is 0 Å². The van der Waals surface area contributed by atoms with Gasteiger partial charge in [0.25, 0.3) is 0 Å². The standard InChI is InChI=1S/C54H36N4/c1-3-17-36(18-4-1)52-45-33-32-35-16-7-8-23-40(35)53(45)56-54(55-52)37-19-13-22-39(34-37)58-47-29-12-10-25-44(47)51-42(27-15-31-49(51)58)41-26-14-30-48-50(41)43-24-9-11-28-46(43)57(48)38-20-5-2-6-21-38/h1-6,8-15,17-34H,7,16H2. The Bertz CT molecular complexity index is 3440. The summed E-state index contributed by atoms with van der Waals surface area (Å²) >= 11 is 0. The van der Waals surface area contributed by atoms with Crippen molar-refractivity contribution < 1.29 is 0 Å². The highest BCUT2D eigenvalue weighted by Crippen LogP contribution is 2.44.